The Morgan fingerprint density at radius 1 is 1.29 bits per heavy atom. The highest BCUT2D eigenvalue weighted by atomic mass is 32.2. The minimum atomic E-state index is -3.70. The molecule has 0 spiro atoms. The van der Waals surface area contributed by atoms with Crippen molar-refractivity contribution in [2.24, 2.45) is 0 Å². The molecule has 0 unspecified atom stereocenters. The van der Waals surface area contributed by atoms with Crippen molar-refractivity contribution >= 4 is 15.9 Å². The Hall–Kier alpha value is -1.40. The van der Waals surface area contributed by atoms with Gasteiger partial charge in [-0.1, -0.05) is 19.1 Å². The molecule has 0 atom stereocenters. The van der Waals surface area contributed by atoms with Gasteiger partial charge >= 0.3 is 0 Å². The van der Waals surface area contributed by atoms with Gasteiger partial charge in [0, 0.05) is 6.42 Å². The molecular weight excluding hydrogens is 240 g/mol. The lowest BCUT2D eigenvalue weighted by molar-refractivity contribution is -0.121. The van der Waals surface area contributed by atoms with Gasteiger partial charge in [0.2, 0.25) is 5.91 Å². The van der Waals surface area contributed by atoms with Crippen molar-refractivity contribution in [3.05, 3.63) is 29.3 Å². The lowest BCUT2D eigenvalue weighted by Crippen LogP contribution is -2.41. The molecule has 1 aromatic rings. The summed E-state index contributed by atoms with van der Waals surface area (Å²) in [5.74, 6) is -0.376. The first-order chi connectivity index (χ1) is 7.86. The van der Waals surface area contributed by atoms with E-state index in [1.54, 1.807) is 26.0 Å². The molecule has 94 valence electrons. The Labute approximate surface area is 101 Å². The maximum Gasteiger partial charge on any atom is 0.257 e. The highest BCUT2D eigenvalue weighted by molar-refractivity contribution is 7.89. The predicted octanol–water partition coefficient (Wildman–Crippen LogP) is 1.02. The van der Waals surface area contributed by atoms with Crippen LogP contribution in [0.1, 0.15) is 24.5 Å². The van der Waals surface area contributed by atoms with Crippen LogP contribution in [0, 0.1) is 13.8 Å². The predicted molar refractivity (Wildman–Crippen MR) is 64.7 cm³/mol. The van der Waals surface area contributed by atoms with E-state index in [2.05, 4.69) is 10.3 Å². The molecular formula is C11H16N2O3S. The minimum Gasteiger partial charge on any atom is -0.278 e. The number of carbonyl (C=O) groups is 1. The summed E-state index contributed by atoms with van der Waals surface area (Å²) < 4.78 is 23.8. The molecule has 0 fully saturated rings. The zero-order valence-corrected chi connectivity index (χ0v) is 10.9. The summed E-state index contributed by atoms with van der Waals surface area (Å²) in [7, 11) is -3.70. The van der Waals surface area contributed by atoms with Crippen molar-refractivity contribution in [3.63, 3.8) is 0 Å². The van der Waals surface area contributed by atoms with E-state index in [9.17, 15) is 13.2 Å². The van der Waals surface area contributed by atoms with Crippen LogP contribution in [-0.2, 0) is 14.8 Å². The van der Waals surface area contributed by atoms with E-state index in [0.717, 1.165) is 5.56 Å². The van der Waals surface area contributed by atoms with E-state index in [0.29, 0.717) is 5.56 Å². The number of amides is 1. The number of rotatable bonds is 4. The summed E-state index contributed by atoms with van der Waals surface area (Å²) in [5, 5.41) is 0. The summed E-state index contributed by atoms with van der Waals surface area (Å²) >= 11 is 0. The summed E-state index contributed by atoms with van der Waals surface area (Å²) in [6.07, 6.45) is 0.218. The van der Waals surface area contributed by atoms with Gasteiger partial charge in [0.1, 0.15) is 0 Å². The minimum absolute atomic E-state index is 0.175. The molecule has 0 bridgehead atoms. The summed E-state index contributed by atoms with van der Waals surface area (Å²) in [6, 6.07) is 5.13. The van der Waals surface area contributed by atoms with E-state index < -0.39 is 10.0 Å². The van der Waals surface area contributed by atoms with Crippen LogP contribution >= 0.6 is 0 Å². The maximum atomic E-state index is 11.9. The quantitative estimate of drug-likeness (QED) is 0.790. The van der Waals surface area contributed by atoms with Crippen LogP contribution in [0.4, 0.5) is 0 Å². The second-order valence-electron chi connectivity index (χ2n) is 3.78. The first kappa shape index (κ1) is 13.7. The highest BCUT2D eigenvalue weighted by Gasteiger charge is 2.17. The van der Waals surface area contributed by atoms with Gasteiger partial charge in [0.05, 0.1) is 4.90 Å². The van der Waals surface area contributed by atoms with Gasteiger partial charge < -0.3 is 0 Å². The first-order valence-electron chi connectivity index (χ1n) is 5.24. The number of benzene rings is 1. The average Bonchev–Trinajstić information content (AvgIpc) is 2.29. The largest absolute Gasteiger partial charge is 0.278 e. The van der Waals surface area contributed by atoms with Gasteiger partial charge in [-0.15, -0.1) is 4.83 Å². The number of nitrogens with one attached hydrogen (secondary N) is 2. The number of sulfonamides is 1. The smallest absolute Gasteiger partial charge is 0.257 e. The summed E-state index contributed by atoms with van der Waals surface area (Å²) in [4.78, 5) is 13.2. The van der Waals surface area contributed by atoms with Crippen molar-refractivity contribution in [1.29, 1.82) is 0 Å². The Morgan fingerprint density at radius 3 is 2.53 bits per heavy atom. The lowest BCUT2D eigenvalue weighted by atomic mass is 10.2. The number of carbonyl (C=O) groups excluding carboxylic acids is 1. The maximum absolute atomic E-state index is 11.9. The van der Waals surface area contributed by atoms with Crippen LogP contribution in [-0.4, -0.2) is 14.3 Å². The van der Waals surface area contributed by atoms with Gasteiger partial charge in [0.15, 0.2) is 0 Å². The third-order valence-corrected chi connectivity index (χ3v) is 3.67. The summed E-state index contributed by atoms with van der Waals surface area (Å²) in [5.41, 5.74) is 3.62. The molecule has 2 N–H and O–H groups in total. The van der Waals surface area contributed by atoms with Crippen LogP contribution in [0.2, 0.25) is 0 Å². The zero-order valence-electron chi connectivity index (χ0n) is 10.1. The molecule has 0 saturated heterocycles. The normalized spacial score (nSPS) is 11.2. The molecule has 0 aromatic heterocycles. The first-order valence-corrected chi connectivity index (χ1v) is 6.73. The van der Waals surface area contributed by atoms with Crippen molar-refractivity contribution in [3.8, 4) is 0 Å². The number of hydrogen-bond donors (Lipinski definition) is 2. The molecule has 0 aliphatic rings. The van der Waals surface area contributed by atoms with E-state index in [1.807, 2.05) is 13.0 Å². The third kappa shape index (κ3) is 3.54. The molecule has 0 saturated carbocycles. The fraction of sp³-hybridized carbons (Fsp3) is 0.364. The molecule has 17 heavy (non-hydrogen) atoms. The van der Waals surface area contributed by atoms with Crippen LogP contribution in [0.5, 0.6) is 0 Å². The lowest BCUT2D eigenvalue weighted by Gasteiger charge is -2.10. The van der Waals surface area contributed by atoms with Crippen molar-refractivity contribution in [1.82, 2.24) is 10.3 Å². The van der Waals surface area contributed by atoms with E-state index in [1.165, 1.54) is 0 Å². The second-order valence-corrected chi connectivity index (χ2v) is 5.43. The second kappa shape index (κ2) is 5.29. The topological polar surface area (TPSA) is 75.3 Å². The highest BCUT2D eigenvalue weighted by Crippen LogP contribution is 2.15. The fourth-order valence-electron chi connectivity index (χ4n) is 1.26. The molecule has 5 nitrogen and oxygen atoms in total. The van der Waals surface area contributed by atoms with Crippen molar-refractivity contribution in [2.45, 2.75) is 32.1 Å². The monoisotopic (exact) mass is 256 g/mol. The van der Waals surface area contributed by atoms with Gasteiger partial charge in [0.25, 0.3) is 10.0 Å². The van der Waals surface area contributed by atoms with Crippen LogP contribution in [0.25, 0.3) is 0 Å². The molecule has 1 rings (SSSR count). The van der Waals surface area contributed by atoms with Gasteiger partial charge in [-0.05, 0) is 31.0 Å². The molecule has 6 heteroatoms. The molecule has 0 aliphatic heterocycles. The zero-order chi connectivity index (χ0) is 13.1. The molecule has 0 heterocycles. The van der Waals surface area contributed by atoms with Gasteiger partial charge in [-0.2, -0.15) is 0 Å². The van der Waals surface area contributed by atoms with Crippen LogP contribution in [0.3, 0.4) is 0 Å². The van der Waals surface area contributed by atoms with Crippen molar-refractivity contribution in [2.75, 3.05) is 0 Å². The number of hydrogen-bond acceptors (Lipinski definition) is 3. The summed E-state index contributed by atoms with van der Waals surface area (Å²) in [6.45, 7) is 5.15. The van der Waals surface area contributed by atoms with E-state index >= 15 is 0 Å². The fourth-order valence-corrected chi connectivity index (χ4v) is 2.46. The molecule has 1 amide bonds. The molecule has 0 radical (unpaired) electrons. The Balaban J connectivity index is 2.97. The third-order valence-electron chi connectivity index (χ3n) is 2.28. The SMILES string of the molecule is CCC(=O)NNS(=O)(=O)c1cc(C)ccc1C. The Kier molecular flexibility index (Phi) is 4.25. The van der Waals surface area contributed by atoms with E-state index in [4.69, 9.17) is 0 Å². The van der Waals surface area contributed by atoms with Gasteiger partial charge in [-0.25, -0.2) is 8.42 Å². The van der Waals surface area contributed by atoms with Gasteiger partial charge in [-0.3, -0.25) is 10.2 Å². The molecule has 1 aromatic carbocycles. The standard InChI is InChI=1S/C11H16N2O3S/c1-4-11(14)12-13-17(15,16)10-7-8(2)5-6-9(10)3/h5-7,13H,4H2,1-3H3,(H,12,14). The van der Waals surface area contributed by atoms with Crippen LogP contribution in [0.15, 0.2) is 23.1 Å². The number of hydrazine groups is 1. The van der Waals surface area contributed by atoms with Crippen LogP contribution < -0.4 is 10.3 Å². The Bertz CT molecular complexity index is 524. The van der Waals surface area contributed by atoms with E-state index in [-0.39, 0.29) is 17.2 Å². The Morgan fingerprint density at radius 2 is 1.94 bits per heavy atom. The van der Waals surface area contributed by atoms with Crippen molar-refractivity contribution < 1.29 is 13.2 Å². The molecule has 0 aliphatic carbocycles. The average molecular weight is 256 g/mol. The number of aryl methyl sites for hydroxylation is 2.